The molecule has 94 valence electrons. The molecule has 0 aliphatic carbocycles. The Morgan fingerprint density at radius 1 is 1.41 bits per heavy atom. The summed E-state index contributed by atoms with van der Waals surface area (Å²) >= 11 is 0. The van der Waals surface area contributed by atoms with Gasteiger partial charge >= 0.3 is 0 Å². The fourth-order valence-corrected chi connectivity index (χ4v) is 1.41. The van der Waals surface area contributed by atoms with Gasteiger partial charge in [-0.2, -0.15) is 0 Å². The number of carbonyl (C=O) groups is 1. The lowest BCUT2D eigenvalue weighted by Crippen LogP contribution is -2.21. The fraction of sp³-hybridized carbons (Fsp3) is 0.462. The van der Waals surface area contributed by atoms with Crippen LogP contribution < -0.4 is 10.5 Å². The second-order valence-corrected chi connectivity index (χ2v) is 4.23. The van der Waals surface area contributed by atoms with Crippen molar-refractivity contribution in [2.75, 3.05) is 26.4 Å². The average molecular weight is 236 g/mol. The number of para-hydroxylation sites is 1. The lowest BCUT2D eigenvalue weighted by molar-refractivity contribution is -0.128. The van der Waals surface area contributed by atoms with Gasteiger partial charge in [-0.05, 0) is 25.0 Å². The maximum absolute atomic E-state index is 11.3. The van der Waals surface area contributed by atoms with Crippen molar-refractivity contribution in [1.82, 2.24) is 4.90 Å². The summed E-state index contributed by atoms with van der Waals surface area (Å²) < 4.78 is 5.55. The summed E-state index contributed by atoms with van der Waals surface area (Å²) in [4.78, 5) is 12.9. The number of hydrogen-bond donors (Lipinski definition) is 1. The molecule has 0 aliphatic rings. The van der Waals surface area contributed by atoms with Crippen molar-refractivity contribution < 1.29 is 9.53 Å². The Balaban J connectivity index is 2.36. The second kappa shape index (κ2) is 6.13. The number of benzene rings is 1. The summed E-state index contributed by atoms with van der Waals surface area (Å²) in [5, 5.41) is 0. The molecule has 0 heterocycles. The van der Waals surface area contributed by atoms with Gasteiger partial charge in [0.05, 0.1) is 12.3 Å². The van der Waals surface area contributed by atoms with E-state index in [1.807, 2.05) is 25.1 Å². The number of rotatable bonds is 5. The average Bonchev–Trinajstić information content (AvgIpc) is 2.29. The molecule has 17 heavy (non-hydrogen) atoms. The number of aryl methyl sites for hydroxylation is 1. The Labute approximate surface area is 102 Å². The molecular formula is C13H20N2O2. The monoisotopic (exact) mass is 236 g/mol. The number of amides is 1. The molecule has 0 bridgehead atoms. The van der Waals surface area contributed by atoms with Gasteiger partial charge in [0.1, 0.15) is 5.75 Å². The first-order valence-corrected chi connectivity index (χ1v) is 5.70. The molecule has 0 aromatic heterocycles. The van der Waals surface area contributed by atoms with Gasteiger partial charge in [-0.1, -0.05) is 12.1 Å². The molecule has 0 atom stereocenters. The van der Waals surface area contributed by atoms with Gasteiger partial charge in [-0.15, -0.1) is 0 Å². The largest absolute Gasteiger partial charge is 0.491 e. The number of nitrogens with two attached hydrogens (primary N) is 1. The Kier molecular flexibility index (Phi) is 4.82. The van der Waals surface area contributed by atoms with Gasteiger partial charge in [-0.25, -0.2) is 0 Å². The lowest BCUT2D eigenvalue weighted by atomic mass is 10.2. The van der Waals surface area contributed by atoms with Crippen LogP contribution in [0.15, 0.2) is 18.2 Å². The van der Waals surface area contributed by atoms with Gasteiger partial charge in [0.15, 0.2) is 0 Å². The van der Waals surface area contributed by atoms with E-state index < -0.39 is 0 Å². The Bertz CT molecular complexity index is 389. The quantitative estimate of drug-likeness (QED) is 0.626. The predicted molar refractivity (Wildman–Crippen MR) is 69.0 cm³/mol. The van der Waals surface area contributed by atoms with Crippen LogP contribution in [0.4, 0.5) is 5.69 Å². The molecule has 1 rings (SSSR count). The highest BCUT2D eigenvalue weighted by atomic mass is 16.5. The van der Waals surface area contributed by atoms with Crippen molar-refractivity contribution in [3.05, 3.63) is 23.8 Å². The van der Waals surface area contributed by atoms with Crippen LogP contribution in [0.25, 0.3) is 0 Å². The third kappa shape index (κ3) is 3.98. The van der Waals surface area contributed by atoms with Crippen LogP contribution in [0.2, 0.25) is 0 Å². The molecule has 1 amide bonds. The topological polar surface area (TPSA) is 55.6 Å². The normalized spacial score (nSPS) is 10.1. The van der Waals surface area contributed by atoms with Crippen molar-refractivity contribution in [3.8, 4) is 5.75 Å². The smallest absolute Gasteiger partial charge is 0.222 e. The van der Waals surface area contributed by atoms with Crippen molar-refractivity contribution in [2.45, 2.75) is 19.8 Å². The van der Waals surface area contributed by atoms with Crippen LogP contribution in [0.1, 0.15) is 18.4 Å². The molecule has 4 nitrogen and oxygen atoms in total. The molecule has 1 aromatic carbocycles. The summed E-state index contributed by atoms with van der Waals surface area (Å²) in [5.41, 5.74) is 7.55. The van der Waals surface area contributed by atoms with Crippen molar-refractivity contribution in [2.24, 2.45) is 0 Å². The highest BCUT2D eigenvalue weighted by Gasteiger charge is 2.05. The van der Waals surface area contributed by atoms with Crippen LogP contribution in [0.5, 0.6) is 5.75 Å². The summed E-state index contributed by atoms with van der Waals surface area (Å²) in [6, 6.07) is 5.69. The molecule has 0 radical (unpaired) electrons. The van der Waals surface area contributed by atoms with Crippen molar-refractivity contribution in [1.29, 1.82) is 0 Å². The third-order valence-electron chi connectivity index (χ3n) is 2.58. The molecule has 1 aromatic rings. The zero-order chi connectivity index (χ0) is 12.8. The zero-order valence-electron chi connectivity index (χ0n) is 10.7. The SMILES string of the molecule is Cc1cccc(OCCCC(=O)N(C)C)c1N. The number of nitrogen functional groups attached to an aromatic ring is 1. The minimum Gasteiger partial charge on any atom is -0.491 e. The minimum absolute atomic E-state index is 0.116. The zero-order valence-corrected chi connectivity index (χ0v) is 10.7. The maximum atomic E-state index is 11.3. The Morgan fingerprint density at radius 3 is 2.76 bits per heavy atom. The molecule has 4 heteroatoms. The minimum atomic E-state index is 0.116. The molecule has 0 saturated carbocycles. The molecule has 0 spiro atoms. The van der Waals surface area contributed by atoms with E-state index in [4.69, 9.17) is 10.5 Å². The van der Waals surface area contributed by atoms with Gasteiger partial charge in [0.25, 0.3) is 0 Å². The van der Waals surface area contributed by atoms with E-state index in [-0.39, 0.29) is 5.91 Å². The van der Waals surface area contributed by atoms with Crippen LogP contribution >= 0.6 is 0 Å². The van der Waals surface area contributed by atoms with Gasteiger partial charge in [0, 0.05) is 20.5 Å². The van der Waals surface area contributed by atoms with Crippen molar-refractivity contribution >= 4 is 11.6 Å². The summed E-state index contributed by atoms with van der Waals surface area (Å²) in [5.74, 6) is 0.813. The van der Waals surface area contributed by atoms with E-state index in [0.717, 1.165) is 5.56 Å². The van der Waals surface area contributed by atoms with E-state index in [9.17, 15) is 4.79 Å². The molecule has 0 aliphatic heterocycles. The van der Waals surface area contributed by atoms with Gasteiger partial charge in [0.2, 0.25) is 5.91 Å². The number of anilines is 1. The number of hydrogen-bond acceptors (Lipinski definition) is 3. The first-order chi connectivity index (χ1) is 8.02. The summed E-state index contributed by atoms with van der Waals surface area (Å²) in [7, 11) is 3.50. The molecular weight excluding hydrogens is 216 g/mol. The number of carbonyl (C=O) groups excluding carboxylic acids is 1. The van der Waals surface area contributed by atoms with Crippen LogP contribution in [0.3, 0.4) is 0 Å². The highest BCUT2D eigenvalue weighted by Crippen LogP contribution is 2.24. The molecule has 2 N–H and O–H groups in total. The predicted octanol–water partition coefficient (Wildman–Crippen LogP) is 1.82. The summed E-state index contributed by atoms with van der Waals surface area (Å²) in [6.07, 6.45) is 1.20. The Hall–Kier alpha value is -1.71. The third-order valence-corrected chi connectivity index (χ3v) is 2.58. The van der Waals surface area contributed by atoms with Crippen LogP contribution in [0, 0.1) is 6.92 Å². The lowest BCUT2D eigenvalue weighted by Gasteiger charge is -2.12. The standard InChI is InChI=1S/C13H20N2O2/c1-10-6-4-7-11(13(10)14)17-9-5-8-12(16)15(2)3/h4,6-7H,5,8-9,14H2,1-3H3. The van der Waals surface area contributed by atoms with Gasteiger partial charge < -0.3 is 15.4 Å². The van der Waals surface area contributed by atoms with E-state index in [1.54, 1.807) is 19.0 Å². The van der Waals surface area contributed by atoms with Crippen LogP contribution in [-0.2, 0) is 4.79 Å². The highest BCUT2D eigenvalue weighted by molar-refractivity contribution is 5.75. The first-order valence-electron chi connectivity index (χ1n) is 5.70. The molecule has 0 fully saturated rings. The van der Waals surface area contributed by atoms with Crippen molar-refractivity contribution in [3.63, 3.8) is 0 Å². The van der Waals surface area contributed by atoms with E-state index >= 15 is 0 Å². The molecule has 0 unspecified atom stereocenters. The van der Waals surface area contributed by atoms with E-state index in [2.05, 4.69) is 0 Å². The summed E-state index contributed by atoms with van der Waals surface area (Å²) in [6.45, 7) is 2.45. The van der Waals surface area contributed by atoms with E-state index in [1.165, 1.54) is 0 Å². The maximum Gasteiger partial charge on any atom is 0.222 e. The number of nitrogens with zero attached hydrogens (tertiary/aromatic N) is 1. The Morgan fingerprint density at radius 2 is 2.12 bits per heavy atom. The van der Waals surface area contributed by atoms with Gasteiger partial charge in [-0.3, -0.25) is 4.79 Å². The molecule has 0 saturated heterocycles. The fourth-order valence-electron chi connectivity index (χ4n) is 1.41. The number of ether oxygens (including phenoxy) is 1. The first kappa shape index (κ1) is 13.4. The van der Waals surface area contributed by atoms with E-state index in [0.29, 0.717) is 30.9 Å². The second-order valence-electron chi connectivity index (χ2n) is 4.23. The van der Waals surface area contributed by atoms with Crippen LogP contribution in [-0.4, -0.2) is 31.5 Å².